The number of nitrogens with zero attached hydrogens (tertiary/aromatic N) is 1. The molecule has 2 rings (SSSR count). The topological polar surface area (TPSA) is 46.3 Å². The average molecular weight is 238 g/mol. The van der Waals surface area contributed by atoms with E-state index in [4.69, 9.17) is 5.73 Å². The maximum absolute atomic E-state index is 12.3. The van der Waals surface area contributed by atoms with Crippen molar-refractivity contribution in [1.82, 2.24) is 4.90 Å². The van der Waals surface area contributed by atoms with Gasteiger partial charge in [-0.1, -0.05) is 13.3 Å². The first-order valence-corrected chi connectivity index (χ1v) is 7.24. The van der Waals surface area contributed by atoms with Crippen LogP contribution in [-0.4, -0.2) is 29.9 Å². The van der Waals surface area contributed by atoms with E-state index in [1.54, 1.807) is 0 Å². The number of carbonyl (C=O) groups excluding carboxylic acids is 1. The smallest absolute Gasteiger partial charge is 0.222 e. The van der Waals surface area contributed by atoms with E-state index in [0.717, 1.165) is 38.3 Å². The molecule has 1 amide bonds. The molecule has 3 heteroatoms. The molecule has 2 aliphatic rings. The lowest BCUT2D eigenvalue weighted by atomic mass is 9.99. The third-order valence-electron chi connectivity index (χ3n) is 4.18. The highest BCUT2D eigenvalue weighted by Gasteiger charge is 2.30. The van der Waals surface area contributed by atoms with E-state index in [1.807, 2.05) is 0 Å². The largest absolute Gasteiger partial charge is 0.342 e. The van der Waals surface area contributed by atoms with Crippen molar-refractivity contribution >= 4 is 5.91 Å². The van der Waals surface area contributed by atoms with Crippen LogP contribution in [0.1, 0.15) is 51.9 Å². The molecule has 17 heavy (non-hydrogen) atoms. The van der Waals surface area contributed by atoms with Crippen LogP contribution in [0.25, 0.3) is 0 Å². The van der Waals surface area contributed by atoms with Gasteiger partial charge in [-0.3, -0.25) is 4.79 Å². The van der Waals surface area contributed by atoms with Crippen LogP contribution >= 0.6 is 0 Å². The molecule has 0 saturated heterocycles. The molecule has 0 spiro atoms. The summed E-state index contributed by atoms with van der Waals surface area (Å²) >= 11 is 0. The lowest BCUT2D eigenvalue weighted by Gasteiger charge is -2.24. The maximum Gasteiger partial charge on any atom is 0.222 e. The van der Waals surface area contributed by atoms with Gasteiger partial charge in [0, 0.05) is 25.6 Å². The summed E-state index contributed by atoms with van der Waals surface area (Å²) < 4.78 is 0. The molecule has 0 unspecified atom stereocenters. The van der Waals surface area contributed by atoms with Crippen molar-refractivity contribution in [3.63, 3.8) is 0 Å². The van der Waals surface area contributed by atoms with Crippen LogP contribution in [0.2, 0.25) is 0 Å². The molecule has 0 aromatic rings. The van der Waals surface area contributed by atoms with Gasteiger partial charge in [-0.15, -0.1) is 0 Å². The van der Waals surface area contributed by atoms with Crippen molar-refractivity contribution in [1.29, 1.82) is 0 Å². The van der Waals surface area contributed by atoms with Crippen molar-refractivity contribution in [3.05, 3.63) is 0 Å². The fourth-order valence-corrected chi connectivity index (χ4v) is 2.87. The number of hydrogen-bond acceptors (Lipinski definition) is 2. The molecular formula is C14H26N2O. The molecule has 0 radical (unpaired) electrons. The summed E-state index contributed by atoms with van der Waals surface area (Å²) in [4.78, 5) is 14.4. The van der Waals surface area contributed by atoms with Crippen molar-refractivity contribution in [2.45, 2.75) is 57.9 Å². The predicted octanol–water partition coefficient (Wildman–Crippen LogP) is 2.15. The lowest BCUT2D eigenvalue weighted by molar-refractivity contribution is -0.132. The molecule has 0 aromatic heterocycles. The molecule has 2 atom stereocenters. The van der Waals surface area contributed by atoms with Crippen molar-refractivity contribution in [3.8, 4) is 0 Å². The van der Waals surface area contributed by atoms with Gasteiger partial charge < -0.3 is 10.6 Å². The Morgan fingerprint density at radius 1 is 1.29 bits per heavy atom. The summed E-state index contributed by atoms with van der Waals surface area (Å²) in [5.74, 6) is 1.59. The number of rotatable bonds is 6. The number of amides is 1. The minimum Gasteiger partial charge on any atom is -0.342 e. The normalized spacial score (nSPS) is 28.4. The van der Waals surface area contributed by atoms with E-state index in [0.29, 0.717) is 18.2 Å². The van der Waals surface area contributed by atoms with Crippen LogP contribution in [-0.2, 0) is 4.79 Å². The van der Waals surface area contributed by atoms with E-state index in [-0.39, 0.29) is 6.04 Å². The number of hydrogen-bond donors (Lipinski definition) is 1. The van der Waals surface area contributed by atoms with Crippen LogP contribution in [0, 0.1) is 11.8 Å². The Morgan fingerprint density at radius 3 is 2.59 bits per heavy atom. The third-order valence-corrected chi connectivity index (χ3v) is 4.18. The maximum atomic E-state index is 12.3. The van der Waals surface area contributed by atoms with Gasteiger partial charge in [-0.05, 0) is 43.9 Å². The third kappa shape index (κ3) is 3.70. The molecule has 0 heterocycles. The summed E-state index contributed by atoms with van der Waals surface area (Å²) in [5, 5.41) is 0. The molecule has 0 aromatic carbocycles. The summed E-state index contributed by atoms with van der Waals surface area (Å²) in [6.45, 7) is 4.07. The minimum absolute atomic E-state index is 0.267. The first-order valence-electron chi connectivity index (χ1n) is 7.24. The second-order valence-corrected chi connectivity index (χ2v) is 5.84. The summed E-state index contributed by atoms with van der Waals surface area (Å²) in [5.41, 5.74) is 6.04. The standard InChI is InChI=1S/C14H26N2O/c1-2-8-16(10-11-6-7-11)14(17)9-12-4-3-5-13(12)15/h11-13H,2-10,15H2,1H3/t12-,13+/m0/s1. The molecular weight excluding hydrogens is 212 g/mol. The number of carbonyl (C=O) groups is 1. The second-order valence-electron chi connectivity index (χ2n) is 5.84. The Kier molecular flexibility index (Phi) is 4.43. The van der Waals surface area contributed by atoms with Crippen LogP contribution in [0.5, 0.6) is 0 Å². The second kappa shape index (κ2) is 5.85. The zero-order valence-corrected chi connectivity index (χ0v) is 11.0. The zero-order valence-electron chi connectivity index (χ0n) is 11.0. The van der Waals surface area contributed by atoms with Crippen molar-refractivity contribution in [2.24, 2.45) is 17.6 Å². The van der Waals surface area contributed by atoms with Gasteiger partial charge in [0.05, 0.1) is 0 Å². The van der Waals surface area contributed by atoms with E-state index < -0.39 is 0 Å². The van der Waals surface area contributed by atoms with E-state index in [2.05, 4.69) is 11.8 Å². The Balaban J connectivity index is 1.81. The van der Waals surface area contributed by atoms with Gasteiger partial charge in [-0.2, -0.15) is 0 Å². The lowest BCUT2D eigenvalue weighted by Crippen LogP contribution is -2.37. The molecule has 2 aliphatic carbocycles. The molecule has 2 saturated carbocycles. The van der Waals surface area contributed by atoms with Gasteiger partial charge in [-0.25, -0.2) is 0 Å². The van der Waals surface area contributed by atoms with Crippen LogP contribution in [0.4, 0.5) is 0 Å². The highest BCUT2D eigenvalue weighted by atomic mass is 16.2. The Morgan fingerprint density at radius 2 is 2.06 bits per heavy atom. The monoisotopic (exact) mass is 238 g/mol. The van der Waals surface area contributed by atoms with Gasteiger partial charge >= 0.3 is 0 Å². The Hall–Kier alpha value is -0.570. The summed E-state index contributed by atoms with van der Waals surface area (Å²) in [7, 11) is 0. The first-order chi connectivity index (χ1) is 8.20. The highest BCUT2D eigenvalue weighted by molar-refractivity contribution is 5.76. The van der Waals surface area contributed by atoms with E-state index >= 15 is 0 Å². The molecule has 2 N–H and O–H groups in total. The zero-order chi connectivity index (χ0) is 12.3. The van der Waals surface area contributed by atoms with Crippen LogP contribution in [0.3, 0.4) is 0 Å². The Labute approximate surface area is 105 Å². The van der Waals surface area contributed by atoms with Crippen LogP contribution in [0.15, 0.2) is 0 Å². The van der Waals surface area contributed by atoms with E-state index in [9.17, 15) is 4.79 Å². The molecule has 0 aliphatic heterocycles. The summed E-state index contributed by atoms with van der Waals surface area (Å²) in [6, 6.07) is 0.267. The van der Waals surface area contributed by atoms with Crippen molar-refractivity contribution in [2.75, 3.05) is 13.1 Å². The summed E-state index contributed by atoms with van der Waals surface area (Å²) in [6.07, 6.45) is 7.84. The fourth-order valence-electron chi connectivity index (χ4n) is 2.87. The van der Waals surface area contributed by atoms with E-state index in [1.165, 1.54) is 19.3 Å². The van der Waals surface area contributed by atoms with Crippen molar-refractivity contribution < 1.29 is 4.79 Å². The predicted molar refractivity (Wildman–Crippen MR) is 69.5 cm³/mol. The SMILES string of the molecule is CCCN(CC1CC1)C(=O)C[C@@H]1CCC[C@H]1N. The molecule has 3 nitrogen and oxygen atoms in total. The first kappa shape index (κ1) is 12.9. The Bertz CT molecular complexity index is 263. The van der Waals surface area contributed by atoms with Gasteiger partial charge in [0.2, 0.25) is 5.91 Å². The van der Waals surface area contributed by atoms with Gasteiger partial charge in [0.25, 0.3) is 0 Å². The van der Waals surface area contributed by atoms with Gasteiger partial charge in [0.1, 0.15) is 0 Å². The fraction of sp³-hybridized carbons (Fsp3) is 0.929. The molecule has 98 valence electrons. The molecule has 0 bridgehead atoms. The van der Waals surface area contributed by atoms with Crippen LogP contribution < -0.4 is 5.73 Å². The van der Waals surface area contributed by atoms with Gasteiger partial charge in [0.15, 0.2) is 0 Å². The highest BCUT2D eigenvalue weighted by Crippen LogP contribution is 2.31. The number of nitrogens with two attached hydrogens (primary N) is 1. The minimum atomic E-state index is 0.267. The average Bonchev–Trinajstić information content (AvgIpc) is 3.03. The molecule has 2 fully saturated rings. The quantitative estimate of drug-likeness (QED) is 0.770.